The van der Waals surface area contributed by atoms with Gasteiger partial charge in [0.1, 0.15) is 5.78 Å². The van der Waals surface area contributed by atoms with Gasteiger partial charge in [0.2, 0.25) is 0 Å². The fraction of sp³-hybridized carbons (Fsp3) is 0.727. The number of hydrogen-bond donors (Lipinski definition) is 0. The second kappa shape index (κ2) is 3.04. The van der Waals surface area contributed by atoms with Crippen molar-refractivity contribution in [3.63, 3.8) is 0 Å². The van der Waals surface area contributed by atoms with Crippen molar-refractivity contribution in [3.8, 4) is 0 Å². The summed E-state index contributed by atoms with van der Waals surface area (Å²) in [5.41, 5.74) is 1.43. The van der Waals surface area contributed by atoms with Crippen molar-refractivity contribution in [1.29, 1.82) is 0 Å². The molecule has 0 aromatic rings. The lowest BCUT2D eigenvalue weighted by Crippen LogP contribution is -2.33. The maximum Gasteiger partial charge on any atom is 0.133 e. The summed E-state index contributed by atoms with van der Waals surface area (Å²) in [6.07, 6.45) is 2.47. The Bertz CT molecular complexity index is 217. The topological polar surface area (TPSA) is 17.1 Å². The Morgan fingerprint density at radius 3 is 2.67 bits per heavy atom. The Morgan fingerprint density at radius 2 is 2.25 bits per heavy atom. The molecule has 1 saturated carbocycles. The minimum Gasteiger partial charge on any atom is -0.300 e. The van der Waals surface area contributed by atoms with Crippen molar-refractivity contribution in [3.05, 3.63) is 12.2 Å². The third-order valence-electron chi connectivity index (χ3n) is 3.52. The molecular formula is C11H18O. The first-order valence-electron chi connectivity index (χ1n) is 4.64. The average Bonchev–Trinajstić information content (AvgIpc) is 1.97. The molecule has 2 atom stereocenters. The standard InChI is InChI=1S/C11H18O/c1-8(2)11(4)6-5-10(12)7-9(11)3/h9H,1,5-7H2,2-4H3. The molecule has 0 aliphatic heterocycles. The third-order valence-corrected chi connectivity index (χ3v) is 3.52. The molecule has 0 radical (unpaired) electrons. The zero-order valence-corrected chi connectivity index (χ0v) is 8.31. The van der Waals surface area contributed by atoms with Crippen LogP contribution in [0.2, 0.25) is 0 Å². The molecule has 1 fully saturated rings. The zero-order valence-electron chi connectivity index (χ0n) is 8.31. The van der Waals surface area contributed by atoms with Crippen molar-refractivity contribution in [2.45, 2.75) is 40.0 Å². The minimum absolute atomic E-state index is 0.202. The molecule has 1 rings (SSSR count). The molecule has 0 heterocycles. The van der Waals surface area contributed by atoms with Crippen LogP contribution in [0.4, 0.5) is 0 Å². The quantitative estimate of drug-likeness (QED) is 0.547. The Kier molecular flexibility index (Phi) is 2.41. The van der Waals surface area contributed by atoms with Crippen molar-refractivity contribution in [1.82, 2.24) is 0 Å². The smallest absolute Gasteiger partial charge is 0.133 e. The van der Waals surface area contributed by atoms with Crippen LogP contribution in [-0.4, -0.2) is 5.78 Å². The molecule has 0 spiro atoms. The van der Waals surface area contributed by atoms with Crippen molar-refractivity contribution in [2.75, 3.05) is 0 Å². The summed E-state index contributed by atoms with van der Waals surface area (Å²) in [5, 5.41) is 0. The van der Waals surface area contributed by atoms with Crippen LogP contribution >= 0.6 is 0 Å². The molecular weight excluding hydrogens is 148 g/mol. The molecule has 0 N–H and O–H groups in total. The summed E-state index contributed by atoms with van der Waals surface area (Å²) in [4.78, 5) is 11.2. The van der Waals surface area contributed by atoms with Gasteiger partial charge >= 0.3 is 0 Å². The van der Waals surface area contributed by atoms with E-state index in [1.54, 1.807) is 0 Å². The highest BCUT2D eigenvalue weighted by molar-refractivity contribution is 5.79. The lowest BCUT2D eigenvalue weighted by molar-refractivity contribution is -0.123. The molecule has 1 aliphatic carbocycles. The fourth-order valence-corrected chi connectivity index (χ4v) is 1.95. The van der Waals surface area contributed by atoms with Crippen LogP contribution in [0, 0.1) is 11.3 Å². The normalized spacial score (nSPS) is 36.6. The first kappa shape index (κ1) is 9.50. The minimum atomic E-state index is 0.202. The maximum absolute atomic E-state index is 11.2. The number of hydrogen-bond acceptors (Lipinski definition) is 1. The molecule has 0 bridgehead atoms. The van der Waals surface area contributed by atoms with Gasteiger partial charge in [-0.05, 0) is 24.7 Å². The van der Waals surface area contributed by atoms with Crippen molar-refractivity contribution >= 4 is 5.78 Å². The first-order valence-corrected chi connectivity index (χ1v) is 4.64. The summed E-state index contributed by atoms with van der Waals surface area (Å²) < 4.78 is 0. The molecule has 0 aromatic carbocycles. The van der Waals surface area contributed by atoms with Gasteiger partial charge in [0.25, 0.3) is 0 Å². The van der Waals surface area contributed by atoms with Gasteiger partial charge in [-0.15, -0.1) is 0 Å². The highest BCUT2D eigenvalue weighted by Crippen LogP contribution is 2.44. The van der Waals surface area contributed by atoms with Crippen LogP contribution in [0.25, 0.3) is 0 Å². The largest absolute Gasteiger partial charge is 0.300 e. The summed E-state index contributed by atoms with van der Waals surface area (Å²) in [6, 6.07) is 0. The van der Waals surface area contributed by atoms with Crippen LogP contribution in [0.3, 0.4) is 0 Å². The monoisotopic (exact) mass is 166 g/mol. The Hall–Kier alpha value is -0.590. The van der Waals surface area contributed by atoms with E-state index in [4.69, 9.17) is 0 Å². The van der Waals surface area contributed by atoms with Crippen LogP contribution in [0.15, 0.2) is 12.2 Å². The maximum atomic E-state index is 11.2. The van der Waals surface area contributed by atoms with Gasteiger partial charge < -0.3 is 0 Å². The number of Topliss-reactive ketones (excluding diaryl/α,β-unsaturated/α-hetero) is 1. The second-order valence-electron chi connectivity index (χ2n) is 4.34. The molecule has 0 amide bonds. The van der Waals surface area contributed by atoms with E-state index in [0.29, 0.717) is 11.7 Å². The number of ketones is 1. The zero-order chi connectivity index (χ0) is 9.35. The van der Waals surface area contributed by atoms with Crippen LogP contribution in [0.1, 0.15) is 40.0 Å². The van der Waals surface area contributed by atoms with E-state index in [0.717, 1.165) is 19.3 Å². The highest BCUT2D eigenvalue weighted by atomic mass is 16.1. The van der Waals surface area contributed by atoms with Crippen molar-refractivity contribution in [2.24, 2.45) is 11.3 Å². The number of allylic oxidation sites excluding steroid dienone is 1. The van der Waals surface area contributed by atoms with E-state index in [9.17, 15) is 4.79 Å². The third kappa shape index (κ3) is 1.45. The van der Waals surface area contributed by atoms with Gasteiger partial charge in [0.15, 0.2) is 0 Å². The van der Waals surface area contributed by atoms with E-state index in [1.165, 1.54) is 5.57 Å². The van der Waals surface area contributed by atoms with E-state index in [1.807, 2.05) is 0 Å². The Balaban J connectivity index is 2.79. The number of carbonyl (C=O) groups is 1. The Morgan fingerprint density at radius 1 is 1.67 bits per heavy atom. The van der Waals surface area contributed by atoms with E-state index in [2.05, 4.69) is 27.4 Å². The van der Waals surface area contributed by atoms with Gasteiger partial charge in [0, 0.05) is 12.8 Å². The van der Waals surface area contributed by atoms with Gasteiger partial charge in [-0.1, -0.05) is 26.0 Å². The SMILES string of the molecule is C=C(C)C1(C)CCC(=O)CC1C. The fourth-order valence-electron chi connectivity index (χ4n) is 1.95. The molecule has 1 nitrogen and oxygen atoms in total. The lowest BCUT2D eigenvalue weighted by Gasteiger charge is -2.39. The summed E-state index contributed by atoms with van der Waals surface area (Å²) in [5.74, 6) is 0.887. The lowest BCUT2D eigenvalue weighted by atomic mass is 9.64. The van der Waals surface area contributed by atoms with Crippen LogP contribution < -0.4 is 0 Å². The molecule has 0 saturated heterocycles. The molecule has 68 valence electrons. The molecule has 2 unspecified atom stereocenters. The van der Waals surface area contributed by atoms with Crippen LogP contribution in [-0.2, 0) is 4.79 Å². The molecule has 1 aliphatic rings. The van der Waals surface area contributed by atoms with Gasteiger partial charge in [-0.25, -0.2) is 0 Å². The molecule has 1 heteroatoms. The van der Waals surface area contributed by atoms with Gasteiger partial charge in [0.05, 0.1) is 0 Å². The van der Waals surface area contributed by atoms with E-state index < -0.39 is 0 Å². The number of carbonyl (C=O) groups excluding carboxylic acids is 1. The average molecular weight is 166 g/mol. The highest BCUT2D eigenvalue weighted by Gasteiger charge is 2.36. The summed E-state index contributed by atoms with van der Waals surface area (Å²) in [6.45, 7) is 10.5. The first-order chi connectivity index (χ1) is 5.47. The molecule has 0 aromatic heterocycles. The Labute approximate surface area is 74.9 Å². The van der Waals surface area contributed by atoms with Gasteiger partial charge in [-0.3, -0.25) is 4.79 Å². The number of rotatable bonds is 1. The van der Waals surface area contributed by atoms with Crippen molar-refractivity contribution < 1.29 is 4.79 Å². The van der Waals surface area contributed by atoms with Crippen LogP contribution in [0.5, 0.6) is 0 Å². The predicted molar refractivity (Wildman–Crippen MR) is 50.9 cm³/mol. The second-order valence-corrected chi connectivity index (χ2v) is 4.34. The van der Waals surface area contributed by atoms with E-state index >= 15 is 0 Å². The van der Waals surface area contributed by atoms with E-state index in [-0.39, 0.29) is 5.41 Å². The summed E-state index contributed by atoms with van der Waals surface area (Å²) in [7, 11) is 0. The van der Waals surface area contributed by atoms with Gasteiger partial charge in [-0.2, -0.15) is 0 Å². The molecule has 12 heavy (non-hydrogen) atoms. The summed E-state index contributed by atoms with van der Waals surface area (Å²) >= 11 is 0. The predicted octanol–water partition coefficient (Wildman–Crippen LogP) is 2.96.